The Morgan fingerprint density at radius 2 is 1.59 bits per heavy atom. The van der Waals surface area contributed by atoms with Crippen LogP contribution in [0.5, 0.6) is 5.75 Å². The Balaban J connectivity index is 1.60. The zero-order chi connectivity index (χ0) is 22.9. The van der Waals surface area contributed by atoms with Crippen molar-refractivity contribution in [2.24, 2.45) is 0 Å². The summed E-state index contributed by atoms with van der Waals surface area (Å²) < 4.78 is 5.96. The lowest BCUT2D eigenvalue weighted by atomic mass is 10.1. The van der Waals surface area contributed by atoms with E-state index in [0.29, 0.717) is 30.7 Å². The topological polar surface area (TPSA) is 58.6 Å². The van der Waals surface area contributed by atoms with Crippen molar-refractivity contribution in [3.8, 4) is 16.9 Å². The standard InChI is InChI=1S/C27H30N2O3/c1-4-25(32-24-16-14-22(15-17-24)21-10-6-5-7-11-21)27(31)28-23-12-8-9-20(19-23)13-18-26(30)29(2)3/h5-12,14-17,19,25H,4,13,18H2,1-3H3,(H,28,31). The third-order valence-electron chi connectivity index (χ3n) is 5.22. The van der Waals surface area contributed by atoms with E-state index in [1.54, 1.807) is 19.0 Å². The average molecular weight is 431 g/mol. The fourth-order valence-electron chi connectivity index (χ4n) is 3.35. The molecule has 166 valence electrons. The van der Waals surface area contributed by atoms with Crippen molar-refractivity contribution in [1.82, 2.24) is 4.90 Å². The number of benzene rings is 3. The zero-order valence-electron chi connectivity index (χ0n) is 18.9. The lowest BCUT2D eigenvalue weighted by molar-refractivity contribution is -0.128. The molecule has 1 unspecified atom stereocenters. The Kier molecular flexibility index (Phi) is 8.03. The van der Waals surface area contributed by atoms with E-state index >= 15 is 0 Å². The molecule has 0 aliphatic rings. The van der Waals surface area contributed by atoms with Crippen LogP contribution in [-0.2, 0) is 16.0 Å². The summed E-state index contributed by atoms with van der Waals surface area (Å²) in [5.41, 5.74) is 3.94. The fourth-order valence-corrected chi connectivity index (χ4v) is 3.35. The van der Waals surface area contributed by atoms with Crippen LogP contribution in [0, 0.1) is 0 Å². The highest BCUT2D eigenvalue weighted by molar-refractivity contribution is 5.94. The minimum absolute atomic E-state index is 0.0807. The molecule has 0 saturated carbocycles. The van der Waals surface area contributed by atoms with Crippen molar-refractivity contribution < 1.29 is 14.3 Å². The summed E-state index contributed by atoms with van der Waals surface area (Å²) in [5.74, 6) is 0.543. The van der Waals surface area contributed by atoms with Gasteiger partial charge in [-0.2, -0.15) is 0 Å². The van der Waals surface area contributed by atoms with Gasteiger partial charge in [0.15, 0.2) is 6.10 Å². The number of nitrogens with zero attached hydrogens (tertiary/aromatic N) is 1. The van der Waals surface area contributed by atoms with E-state index in [4.69, 9.17) is 4.74 Å². The molecule has 3 rings (SSSR count). The zero-order valence-corrected chi connectivity index (χ0v) is 18.9. The Morgan fingerprint density at radius 1 is 0.906 bits per heavy atom. The number of rotatable bonds is 9. The number of carbonyl (C=O) groups excluding carboxylic acids is 2. The van der Waals surface area contributed by atoms with Crippen molar-refractivity contribution in [3.05, 3.63) is 84.4 Å². The van der Waals surface area contributed by atoms with Gasteiger partial charge in [0.1, 0.15) is 5.75 Å². The van der Waals surface area contributed by atoms with Crippen LogP contribution < -0.4 is 10.1 Å². The molecule has 0 fully saturated rings. The van der Waals surface area contributed by atoms with E-state index in [-0.39, 0.29) is 11.8 Å². The summed E-state index contributed by atoms with van der Waals surface area (Å²) in [6.45, 7) is 1.92. The molecule has 1 N–H and O–H groups in total. The molecular formula is C27H30N2O3. The quantitative estimate of drug-likeness (QED) is 0.509. The number of hydrogen-bond donors (Lipinski definition) is 1. The second-order valence-corrected chi connectivity index (χ2v) is 7.88. The molecule has 32 heavy (non-hydrogen) atoms. The van der Waals surface area contributed by atoms with Gasteiger partial charge in [0, 0.05) is 26.2 Å². The summed E-state index contributed by atoms with van der Waals surface area (Å²) >= 11 is 0. The van der Waals surface area contributed by atoms with Crippen LogP contribution >= 0.6 is 0 Å². The maximum atomic E-state index is 12.8. The van der Waals surface area contributed by atoms with Crippen molar-refractivity contribution >= 4 is 17.5 Å². The SMILES string of the molecule is CCC(Oc1ccc(-c2ccccc2)cc1)C(=O)Nc1cccc(CCC(=O)N(C)C)c1. The van der Waals surface area contributed by atoms with Crippen molar-refractivity contribution in [3.63, 3.8) is 0 Å². The van der Waals surface area contributed by atoms with Gasteiger partial charge in [0.05, 0.1) is 0 Å². The molecule has 0 aliphatic heterocycles. The van der Waals surface area contributed by atoms with Gasteiger partial charge in [-0.1, -0.05) is 61.5 Å². The molecule has 0 radical (unpaired) electrons. The van der Waals surface area contributed by atoms with Crippen molar-refractivity contribution in [2.75, 3.05) is 19.4 Å². The molecule has 0 aromatic heterocycles. The maximum absolute atomic E-state index is 12.8. The van der Waals surface area contributed by atoms with Gasteiger partial charge in [-0.25, -0.2) is 0 Å². The molecular weight excluding hydrogens is 400 g/mol. The number of amides is 2. The lowest BCUT2D eigenvalue weighted by Crippen LogP contribution is -2.32. The molecule has 5 nitrogen and oxygen atoms in total. The van der Waals surface area contributed by atoms with Gasteiger partial charge < -0.3 is 15.0 Å². The smallest absolute Gasteiger partial charge is 0.265 e. The Morgan fingerprint density at radius 3 is 2.25 bits per heavy atom. The molecule has 3 aromatic rings. The number of nitrogens with one attached hydrogen (secondary N) is 1. The van der Waals surface area contributed by atoms with Crippen LogP contribution in [0.3, 0.4) is 0 Å². The molecule has 2 amide bonds. The number of ether oxygens (including phenoxy) is 1. The molecule has 0 bridgehead atoms. The van der Waals surface area contributed by atoms with Crippen LogP contribution in [0.15, 0.2) is 78.9 Å². The van der Waals surface area contributed by atoms with Crippen molar-refractivity contribution in [2.45, 2.75) is 32.3 Å². The van der Waals surface area contributed by atoms with Gasteiger partial charge >= 0.3 is 0 Å². The monoisotopic (exact) mass is 430 g/mol. The van der Waals surface area contributed by atoms with E-state index in [9.17, 15) is 9.59 Å². The van der Waals surface area contributed by atoms with Crippen LogP contribution in [0.2, 0.25) is 0 Å². The maximum Gasteiger partial charge on any atom is 0.265 e. The predicted molar refractivity (Wildman–Crippen MR) is 129 cm³/mol. The van der Waals surface area contributed by atoms with Gasteiger partial charge in [0.25, 0.3) is 5.91 Å². The summed E-state index contributed by atoms with van der Waals surface area (Å²) in [5, 5.41) is 2.94. The van der Waals surface area contributed by atoms with E-state index in [2.05, 4.69) is 17.4 Å². The number of anilines is 1. The summed E-state index contributed by atoms with van der Waals surface area (Å²) in [6.07, 6.45) is 1.01. The van der Waals surface area contributed by atoms with Crippen LogP contribution in [0.4, 0.5) is 5.69 Å². The highest BCUT2D eigenvalue weighted by atomic mass is 16.5. The van der Waals surface area contributed by atoms with Gasteiger partial charge in [-0.05, 0) is 53.8 Å². The Hall–Kier alpha value is -3.60. The third-order valence-corrected chi connectivity index (χ3v) is 5.22. The van der Waals surface area contributed by atoms with E-state index in [0.717, 1.165) is 16.7 Å². The first-order chi connectivity index (χ1) is 15.5. The van der Waals surface area contributed by atoms with Gasteiger partial charge in [-0.3, -0.25) is 9.59 Å². The molecule has 0 heterocycles. The normalized spacial score (nSPS) is 11.5. The van der Waals surface area contributed by atoms with Crippen molar-refractivity contribution in [1.29, 1.82) is 0 Å². The lowest BCUT2D eigenvalue weighted by Gasteiger charge is -2.18. The van der Waals surface area contributed by atoms with Crippen LogP contribution in [-0.4, -0.2) is 36.9 Å². The van der Waals surface area contributed by atoms with E-state index in [1.807, 2.05) is 73.7 Å². The van der Waals surface area contributed by atoms with E-state index in [1.165, 1.54) is 0 Å². The molecule has 3 aromatic carbocycles. The van der Waals surface area contributed by atoms with Crippen LogP contribution in [0.1, 0.15) is 25.3 Å². The highest BCUT2D eigenvalue weighted by Gasteiger charge is 2.19. The van der Waals surface area contributed by atoms with Crippen LogP contribution in [0.25, 0.3) is 11.1 Å². The minimum Gasteiger partial charge on any atom is -0.481 e. The second-order valence-electron chi connectivity index (χ2n) is 7.88. The third kappa shape index (κ3) is 6.45. The molecule has 0 spiro atoms. The summed E-state index contributed by atoms with van der Waals surface area (Å²) in [4.78, 5) is 26.2. The largest absolute Gasteiger partial charge is 0.481 e. The Labute approximate surface area is 190 Å². The number of carbonyl (C=O) groups is 2. The second kappa shape index (κ2) is 11.1. The molecule has 0 aliphatic carbocycles. The molecule has 1 atom stereocenters. The fraction of sp³-hybridized carbons (Fsp3) is 0.259. The molecule has 5 heteroatoms. The Bertz CT molecular complexity index is 1030. The average Bonchev–Trinajstić information content (AvgIpc) is 2.82. The highest BCUT2D eigenvalue weighted by Crippen LogP contribution is 2.23. The first-order valence-electron chi connectivity index (χ1n) is 10.9. The van der Waals surface area contributed by atoms with E-state index < -0.39 is 6.10 Å². The summed E-state index contributed by atoms with van der Waals surface area (Å²) in [7, 11) is 3.50. The number of aryl methyl sites for hydroxylation is 1. The number of hydrogen-bond acceptors (Lipinski definition) is 3. The predicted octanol–water partition coefficient (Wildman–Crippen LogP) is 5.17. The molecule has 0 saturated heterocycles. The summed E-state index contributed by atoms with van der Waals surface area (Å²) in [6, 6.07) is 25.5. The van der Waals surface area contributed by atoms with Gasteiger partial charge in [-0.15, -0.1) is 0 Å². The minimum atomic E-state index is -0.600. The van der Waals surface area contributed by atoms with Gasteiger partial charge in [0.2, 0.25) is 5.91 Å². The first-order valence-corrected chi connectivity index (χ1v) is 10.9. The first kappa shape index (κ1) is 23.1.